The Labute approximate surface area is 178 Å². The lowest BCUT2D eigenvalue weighted by atomic mass is 10.1. The number of phenols is 1. The third-order valence-corrected chi connectivity index (χ3v) is 4.80. The fraction of sp³-hybridized carbons (Fsp3) is 0.0870. The number of hydroxylamine groups is 1. The summed E-state index contributed by atoms with van der Waals surface area (Å²) in [4.78, 5) is 19.9. The molecule has 0 aromatic heterocycles. The van der Waals surface area contributed by atoms with Crippen LogP contribution in [0.2, 0.25) is 0 Å². The molecule has 0 atom stereocenters. The molecule has 0 aliphatic heterocycles. The minimum Gasteiger partial charge on any atom is -0.508 e. The number of aromatic hydroxyl groups is 1. The summed E-state index contributed by atoms with van der Waals surface area (Å²) in [7, 11) is 0. The van der Waals surface area contributed by atoms with Crippen LogP contribution in [-0.4, -0.2) is 17.6 Å². The van der Waals surface area contributed by atoms with E-state index < -0.39 is 0 Å². The number of para-hydroxylation sites is 1. The first-order valence-electron chi connectivity index (χ1n) is 8.99. The first kappa shape index (κ1) is 20.6. The van der Waals surface area contributed by atoms with E-state index in [0.717, 1.165) is 10.0 Å². The fourth-order valence-corrected chi connectivity index (χ4v) is 2.98. The maximum atomic E-state index is 12.9. The second-order valence-corrected chi connectivity index (χ2v) is 7.24. The fourth-order valence-electron chi connectivity index (χ4n) is 2.72. The van der Waals surface area contributed by atoms with Crippen molar-refractivity contribution in [3.05, 3.63) is 101 Å². The van der Waals surface area contributed by atoms with Crippen LogP contribution in [-0.2, 0) is 16.2 Å². The molecule has 148 valence electrons. The number of hydrogen-bond donors (Lipinski definition) is 2. The average Bonchev–Trinajstić information content (AvgIpc) is 2.74. The van der Waals surface area contributed by atoms with Crippen molar-refractivity contribution >= 4 is 33.2 Å². The Morgan fingerprint density at radius 1 is 1.00 bits per heavy atom. The van der Waals surface area contributed by atoms with Crippen molar-refractivity contribution in [2.75, 3.05) is 11.5 Å². The molecule has 6 heteroatoms. The lowest BCUT2D eigenvalue weighted by molar-refractivity contribution is -0.124. The van der Waals surface area contributed by atoms with Gasteiger partial charge in [0.1, 0.15) is 5.75 Å². The number of nitrogens with zero attached hydrogens (tertiary/aromatic N) is 1. The standard InChI is InChI=1S/C23H21BrN2O3/c1-17(18-7-3-2-4-8-18)25-29-16-23(28)26(21-13-11-20(24)12-14-21)15-19-9-5-6-10-22(19)27/h2-14,25,27H,1,15-16H2. The van der Waals surface area contributed by atoms with Crippen molar-refractivity contribution in [1.82, 2.24) is 5.48 Å². The van der Waals surface area contributed by atoms with Gasteiger partial charge < -0.3 is 10.0 Å². The predicted octanol–water partition coefficient (Wildman–Crippen LogP) is 4.88. The Balaban J connectivity index is 1.69. The van der Waals surface area contributed by atoms with E-state index in [1.807, 2.05) is 60.7 Å². The highest BCUT2D eigenvalue weighted by atomic mass is 79.9. The molecule has 0 radical (unpaired) electrons. The highest BCUT2D eigenvalue weighted by molar-refractivity contribution is 9.10. The van der Waals surface area contributed by atoms with Crippen molar-refractivity contribution in [2.24, 2.45) is 0 Å². The molecular weight excluding hydrogens is 432 g/mol. The lowest BCUT2D eigenvalue weighted by Crippen LogP contribution is -2.35. The second-order valence-electron chi connectivity index (χ2n) is 6.32. The van der Waals surface area contributed by atoms with Crippen LogP contribution in [0.15, 0.2) is 89.9 Å². The first-order chi connectivity index (χ1) is 14.0. The third-order valence-electron chi connectivity index (χ3n) is 4.27. The van der Waals surface area contributed by atoms with Gasteiger partial charge >= 0.3 is 0 Å². The molecule has 29 heavy (non-hydrogen) atoms. The maximum absolute atomic E-state index is 12.9. The SMILES string of the molecule is C=C(NOCC(=O)N(Cc1ccccc1O)c1ccc(Br)cc1)c1ccccc1. The van der Waals surface area contributed by atoms with Crippen LogP contribution in [0.5, 0.6) is 5.75 Å². The van der Waals surface area contributed by atoms with Gasteiger partial charge in [0.25, 0.3) is 5.91 Å². The minimum absolute atomic E-state index is 0.138. The van der Waals surface area contributed by atoms with Crippen LogP contribution < -0.4 is 10.4 Å². The third kappa shape index (κ3) is 5.70. The minimum atomic E-state index is -0.260. The van der Waals surface area contributed by atoms with Gasteiger partial charge in [-0.3, -0.25) is 15.1 Å². The molecule has 3 rings (SSSR count). The normalized spacial score (nSPS) is 10.4. The summed E-state index contributed by atoms with van der Waals surface area (Å²) in [5, 5.41) is 10.1. The van der Waals surface area contributed by atoms with Gasteiger partial charge in [-0.1, -0.05) is 71.0 Å². The summed E-state index contributed by atoms with van der Waals surface area (Å²) in [6, 6.07) is 23.8. The van der Waals surface area contributed by atoms with Gasteiger partial charge in [-0.15, -0.1) is 0 Å². The zero-order chi connectivity index (χ0) is 20.6. The number of anilines is 1. The van der Waals surface area contributed by atoms with Crippen LogP contribution in [0.3, 0.4) is 0 Å². The molecule has 3 aromatic carbocycles. The Hall–Kier alpha value is -3.09. The van der Waals surface area contributed by atoms with E-state index in [9.17, 15) is 9.90 Å². The van der Waals surface area contributed by atoms with Gasteiger partial charge in [-0.2, -0.15) is 0 Å². The van der Waals surface area contributed by atoms with Crippen molar-refractivity contribution < 1.29 is 14.7 Å². The van der Waals surface area contributed by atoms with E-state index in [1.165, 1.54) is 0 Å². The molecule has 0 bridgehead atoms. The van der Waals surface area contributed by atoms with E-state index >= 15 is 0 Å². The van der Waals surface area contributed by atoms with Crippen molar-refractivity contribution in [1.29, 1.82) is 0 Å². The molecule has 0 aliphatic carbocycles. The van der Waals surface area contributed by atoms with Crippen LogP contribution >= 0.6 is 15.9 Å². The molecular formula is C23H21BrN2O3. The van der Waals surface area contributed by atoms with Gasteiger partial charge in [0.15, 0.2) is 6.61 Å². The highest BCUT2D eigenvalue weighted by Crippen LogP contribution is 2.24. The number of carbonyl (C=O) groups is 1. The highest BCUT2D eigenvalue weighted by Gasteiger charge is 2.18. The van der Waals surface area contributed by atoms with E-state index in [0.29, 0.717) is 16.9 Å². The number of benzene rings is 3. The number of nitrogens with one attached hydrogen (secondary N) is 1. The zero-order valence-corrected chi connectivity index (χ0v) is 17.3. The van der Waals surface area contributed by atoms with Crippen LogP contribution in [0, 0.1) is 0 Å². The Bertz CT molecular complexity index is 975. The molecule has 5 nitrogen and oxygen atoms in total. The van der Waals surface area contributed by atoms with Crippen LogP contribution in [0.1, 0.15) is 11.1 Å². The largest absolute Gasteiger partial charge is 0.508 e. The van der Waals surface area contributed by atoms with Gasteiger partial charge in [-0.25, -0.2) is 0 Å². The topological polar surface area (TPSA) is 61.8 Å². The smallest absolute Gasteiger partial charge is 0.256 e. The second kappa shape index (κ2) is 9.91. The van der Waals surface area contributed by atoms with Crippen molar-refractivity contribution in [3.8, 4) is 5.75 Å². The van der Waals surface area contributed by atoms with Crippen molar-refractivity contribution in [3.63, 3.8) is 0 Å². The summed E-state index contributed by atoms with van der Waals surface area (Å²) in [6.07, 6.45) is 0. The number of rotatable bonds is 8. The van der Waals surface area contributed by atoms with Crippen LogP contribution in [0.25, 0.3) is 5.70 Å². The van der Waals surface area contributed by atoms with Gasteiger partial charge in [-0.05, 0) is 35.9 Å². The quantitative estimate of drug-likeness (QED) is 0.478. The summed E-state index contributed by atoms with van der Waals surface area (Å²) in [5.74, 6) is -0.122. The summed E-state index contributed by atoms with van der Waals surface area (Å²) in [6.45, 7) is 3.93. The number of hydrogen-bond acceptors (Lipinski definition) is 4. The molecule has 0 spiro atoms. The van der Waals surface area contributed by atoms with E-state index in [-0.39, 0.29) is 24.8 Å². The van der Waals surface area contributed by atoms with Gasteiger partial charge in [0.05, 0.1) is 12.2 Å². The molecule has 3 aromatic rings. The molecule has 0 unspecified atom stereocenters. The molecule has 0 saturated heterocycles. The Morgan fingerprint density at radius 3 is 2.34 bits per heavy atom. The molecule has 2 N–H and O–H groups in total. The molecule has 0 fully saturated rings. The van der Waals surface area contributed by atoms with E-state index in [4.69, 9.17) is 4.84 Å². The lowest BCUT2D eigenvalue weighted by Gasteiger charge is -2.23. The summed E-state index contributed by atoms with van der Waals surface area (Å²) < 4.78 is 0.910. The Morgan fingerprint density at radius 2 is 1.66 bits per heavy atom. The Kier molecular flexibility index (Phi) is 7.05. The molecule has 1 amide bonds. The summed E-state index contributed by atoms with van der Waals surface area (Å²) in [5.41, 5.74) is 5.50. The van der Waals surface area contributed by atoms with E-state index in [1.54, 1.807) is 23.1 Å². The number of carbonyl (C=O) groups excluding carboxylic acids is 1. The summed E-state index contributed by atoms with van der Waals surface area (Å²) >= 11 is 3.40. The average molecular weight is 453 g/mol. The maximum Gasteiger partial charge on any atom is 0.256 e. The number of halogens is 1. The molecule has 0 saturated carbocycles. The predicted molar refractivity (Wildman–Crippen MR) is 118 cm³/mol. The number of phenolic OH excluding ortho intramolecular Hbond substituents is 1. The van der Waals surface area contributed by atoms with Gasteiger partial charge in [0.2, 0.25) is 0 Å². The molecule has 0 aliphatic rings. The van der Waals surface area contributed by atoms with Crippen molar-refractivity contribution in [2.45, 2.75) is 6.54 Å². The van der Waals surface area contributed by atoms with Crippen LogP contribution in [0.4, 0.5) is 5.69 Å². The zero-order valence-electron chi connectivity index (χ0n) is 15.7. The molecule has 0 heterocycles. The first-order valence-corrected chi connectivity index (χ1v) is 9.79. The monoisotopic (exact) mass is 452 g/mol. The van der Waals surface area contributed by atoms with E-state index in [2.05, 4.69) is 28.0 Å². The number of amides is 1. The van der Waals surface area contributed by atoms with Gasteiger partial charge in [0, 0.05) is 15.7 Å².